The summed E-state index contributed by atoms with van der Waals surface area (Å²) in [7, 11) is 0. The zero-order chi connectivity index (χ0) is 11.4. The molecule has 2 heterocycles. The Balaban J connectivity index is 2.24. The first kappa shape index (κ1) is 11.1. The predicted octanol–water partition coefficient (Wildman–Crippen LogP) is 3.95. The first-order valence-corrected chi connectivity index (χ1v) is 5.41. The Kier molecular flexibility index (Phi) is 3.54. The molecule has 0 aliphatic heterocycles. The van der Waals surface area contributed by atoms with Crippen LogP contribution in [0.5, 0.6) is 0 Å². The summed E-state index contributed by atoms with van der Waals surface area (Å²) in [5.74, 6) is 0. The normalized spacial score (nSPS) is 10.9. The molecular formula is C12H8Cl2N2. The first-order valence-electron chi connectivity index (χ1n) is 4.66. The van der Waals surface area contributed by atoms with Crippen molar-refractivity contribution in [1.29, 1.82) is 0 Å². The van der Waals surface area contributed by atoms with Crippen molar-refractivity contribution in [3.05, 3.63) is 58.1 Å². The highest BCUT2D eigenvalue weighted by Crippen LogP contribution is 2.18. The molecule has 0 radical (unpaired) electrons. The van der Waals surface area contributed by atoms with Crippen molar-refractivity contribution < 1.29 is 0 Å². The van der Waals surface area contributed by atoms with Crippen LogP contribution < -0.4 is 0 Å². The largest absolute Gasteiger partial charge is 0.264 e. The van der Waals surface area contributed by atoms with Crippen LogP contribution in [0.25, 0.3) is 12.2 Å². The van der Waals surface area contributed by atoms with Crippen molar-refractivity contribution in [1.82, 2.24) is 9.97 Å². The maximum Gasteiger partial charge on any atom is 0.138 e. The number of hydrogen-bond donors (Lipinski definition) is 0. The zero-order valence-corrected chi connectivity index (χ0v) is 9.78. The van der Waals surface area contributed by atoms with Crippen LogP contribution in [0.1, 0.15) is 11.1 Å². The molecule has 0 aliphatic rings. The Bertz CT molecular complexity index is 510. The van der Waals surface area contributed by atoms with Crippen LogP contribution in [0.15, 0.2) is 36.7 Å². The van der Waals surface area contributed by atoms with Crippen molar-refractivity contribution in [2.24, 2.45) is 0 Å². The lowest BCUT2D eigenvalue weighted by Crippen LogP contribution is -1.81. The second-order valence-corrected chi connectivity index (χ2v) is 3.88. The molecule has 0 spiro atoms. The third kappa shape index (κ3) is 2.81. The fourth-order valence-corrected chi connectivity index (χ4v) is 1.62. The van der Waals surface area contributed by atoms with Gasteiger partial charge in [0.05, 0.1) is 0 Å². The highest BCUT2D eigenvalue weighted by molar-refractivity contribution is 6.33. The molecule has 0 bridgehead atoms. The van der Waals surface area contributed by atoms with E-state index in [-0.39, 0.29) is 0 Å². The maximum atomic E-state index is 5.93. The number of hydrogen-bond acceptors (Lipinski definition) is 2. The molecule has 80 valence electrons. The topological polar surface area (TPSA) is 25.8 Å². The molecular weight excluding hydrogens is 243 g/mol. The first-order chi connectivity index (χ1) is 7.75. The van der Waals surface area contributed by atoms with E-state index in [1.807, 2.05) is 30.4 Å². The van der Waals surface area contributed by atoms with E-state index in [1.165, 1.54) is 0 Å². The summed E-state index contributed by atoms with van der Waals surface area (Å²) in [6.45, 7) is 0. The fraction of sp³-hybridized carbons (Fsp3) is 0. The van der Waals surface area contributed by atoms with E-state index >= 15 is 0 Å². The maximum absolute atomic E-state index is 5.93. The molecule has 2 aromatic rings. The molecule has 0 amide bonds. The minimum absolute atomic E-state index is 0.392. The van der Waals surface area contributed by atoms with Crippen LogP contribution in [0, 0.1) is 0 Å². The average molecular weight is 251 g/mol. The molecule has 0 unspecified atom stereocenters. The summed E-state index contributed by atoms with van der Waals surface area (Å²) >= 11 is 11.6. The lowest BCUT2D eigenvalue weighted by Gasteiger charge is -1.97. The monoisotopic (exact) mass is 250 g/mol. The molecule has 0 saturated heterocycles. The summed E-state index contributed by atoms with van der Waals surface area (Å²) < 4.78 is 0. The van der Waals surface area contributed by atoms with E-state index in [2.05, 4.69) is 9.97 Å². The third-order valence-electron chi connectivity index (χ3n) is 1.98. The van der Waals surface area contributed by atoms with Gasteiger partial charge in [-0.3, -0.25) is 4.98 Å². The van der Waals surface area contributed by atoms with Crippen LogP contribution >= 0.6 is 23.2 Å². The van der Waals surface area contributed by atoms with Gasteiger partial charge in [-0.25, -0.2) is 4.98 Å². The lowest BCUT2D eigenvalue weighted by molar-refractivity contribution is 1.31. The molecule has 0 saturated carbocycles. The summed E-state index contributed by atoms with van der Waals surface area (Å²) in [6.07, 6.45) is 7.30. The van der Waals surface area contributed by atoms with E-state index in [9.17, 15) is 0 Å². The highest BCUT2D eigenvalue weighted by Gasteiger charge is 1.98. The van der Waals surface area contributed by atoms with Crippen molar-refractivity contribution in [2.75, 3.05) is 0 Å². The van der Waals surface area contributed by atoms with Gasteiger partial charge >= 0.3 is 0 Å². The van der Waals surface area contributed by atoms with Gasteiger partial charge in [0.1, 0.15) is 10.3 Å². The van der Waals surface area contributed by atoms with Crippen LogP contribution in [-0.4, -0.2) is 9.97 Å². The third-order valence-corrected chi connectivity index (χ3v) is 2.50. The van der Waals surface area contributed by atoms with Crippen LogP contribution in [-0.2, 0) is 0 Å². The van der Waals surface area contributed by atoms with E-state index < -0.39 is 0 Å². The van der Waals surface area contributed by atoms with Crippen LogP contribution in [0.2, 0.25) is 10.3 Å². The number of rotatable bonds is 2. The van der Waals surface area contributed by atoms with E-state index in [4.69, 9.17) is 23.2 Å². The molecule has 0 fully saturated rings. The molecule has 2 aromatic heterocycles. The van der Waals surface area contributed by atoms with E-state index in [0.29, 0.717) is 10.3 Å². The van der Waals surface area contributed by atoms with E-state index in [0.717, 1.165) is 11.1 Å². The van der Waals surface area contributed by atoms with Crippen LogP contribution in [0.3, 0.4) is 0 Å². The number of nitrogens with zero attached hydrogens (tertiary/aromatic N) is 2. The number of aromatic nitrogens is 2. The SMILES string of the molecule is Clc1ccc(/C=C/c2cccnc2)c(Cl)n1. The Labute approximate surface area is 104 Å². The zero-order valence-electron chi connectivity index (χ0n) is 8.27. The van der Waals surface area contributed by atoms with E-state index in [1.54, 1.807) is 18.5 Å². The van der Waals surface area contributed by atoms with Gasteiger partial charge in [-0.2, -0.15) is 0 Å². The van der Waals surface area contributed by atoms with Gasteiger partial charge in [0.15, 0.2) is 0 Å². The predicted molar refractivity (Wildman–Crippen MR) is 67.4 cm³/mol. The van der Waals surface area contributed by atoms with Gasteiger partial charge in [0.25, 0.3) is 0 Å². The van der Waals surface area contributed by atoms with Gasteiger partial charge in [-0.1, -0.05) is 41.4 Å². The number of halogens is 2. The van der Waals surface area contributed by atoms with Gasteiger partial charge in [0, 0.05) is 18.0 Å². The van der Waals surface area contributed by atoms with Crippen molar-refractivity contribution >= 4 is 35.4 Å². The Morgan fingerprint density at radius 1 is 1.06 bits per heavy atom. The van der Waals surface area contributed by atoms with Gasteiger partial charge < -0.3 is 0 Å². The molecule has 2 rings (SSSR count). The van der Waals surface area contributed by atoms with Gasteiger partial charge in [0.2, 0.25) is 0 Å². The van der Waals surface area contributed by atoms with Gasteiger partial charge in [-0.15, -0.1) is 0 Å². The van der Waals surface area contributed by atoms with Crippen LogP contribution in [0.4, 0.5) is 0 Å². The second-order valence-electron chi connectivity index (χ2n) is 3.13. The molecule has 4 heteroatoms. The minimum Gasteiger partial charge on any atom is -0.264 e. The molecule has 0 aromatic carbocycles. The fourth-order valence-electron chi connectivity index (χ4n) is 1.21. The number of pyridine rings is 2. The smallest absolute Gasteiger partial charge is 0.138 e. The van der Waals surface area contributed by atoms with Gasteiger partial charge in [-0.05, 0) is 23.8 Å². The molecule has 2 nitrogen and oxygen atoms in total. The molecule has 0 N–H and O–H groups in total. The summed E-state index contributed by atoms with van der Waals surface area (Å²) in [5.41, 5.74) is 1.84. The van der Waals surface area contributed by atoms with Crippen molar-refractivity contribution in [3.8, 4) is 0 Å². The summed E-state index contributed by atoms with van der Waals surface area (Å²) in [6, 6.07) is 7.36. The lowest BCUT2D eigenvalue weighted by atomic mass is 10.2. The molecule has 16 heavy (non-hydrogen) atoms. The standard InChI is InChI=1S/C12H8Cl2N2/c13-11-6-5-10(12(14)16-11)4-3-9-2-1-7-15-8-9/h1-8H/b4-3+. The Morgan fingerprint density at radius 2 is 1.94 bits per heavy atom. The highest BCUT2D eigenvalue weighted by atomic mass is 35.5. The summed E-state index contributed by atoms with van der Waals surface area (Å²) in [5, 5.41) is 0.788. The minimum atomic E-state index is 0.392. The average Bonchev–Trinajstić information content (AvgIpc) is 2.29. The molecule has 0 aliphatic carbocycles. The quantitative estimate of drug-likeness (QED) is 0.755. The molecule has 0 atom stereocenters. The Hall–Kier alpha value is -1.38. The summed E-state index contributed by atoms with van der Waals surface area (Å²) in [4.78, 5) is 7.96. The second kappa shape index (κ2) is 5.10. The van der Waals surface area contributed by atoms with Crippen molar-refractivity contribution in [3.63, 3.8) is 0 Å². The van der Waals surface area contributed by atoms with Crippen molar-refractivity contribution in [2.45, 2.75) is 0 Å². The Morgan fingerprint density at radius 3 is 2.62 bits per heavy atom.